The Bertz CT molecular complexity index is 1130. The molecule has 0 fully saturated rings. The highest BCUT2D eigenvalue weighted by atomic mass is 32.2. The van der Waals surface area contributed by atoms with Crippen LogP contribution in [0.5, 0.6) is 0 Å². The summed E-state index contributed by atoms with van der Waals surface area (Å²) < 4.78 is 5.10. The number of nitrogens with one attached hydrogen (secondary N) is 2. The Morgan fingerprint density at radius 3 is 2.19 bits per heavy atom. The largest absolute Gasteiger partial charge is 0.459 e. The molecule has 1 atom stereocenters. The molecule has 2 aromatic heterocycles. The molecule has 4 rings (SSSR count). The van der Waals surface area contributed by atoms with Gasteiger partial charge >= 0.3 is 0 Å². The van der Waals surface area contributed by atoms with Crippen molar-refractivity contribution in [3.05, 3.63) is 109 Å². The number of thioether (sulfide) groups is 1. The summed E-state index contributed by atoms with van der Waals surface area (Å²) in [4.78, 5) is 30.0. The maximum atomic E-state index is 13.0. The van der Waals surface area contributed by atoms with Gasteiger partial charge in [0.25, 0.3) is 5.91 Å². The van der Waals surface area contributed by atoms with Gasteiger partial charge in [0.1, 0.15) is 5.25 Å². The van der Waals surface area contributed by atoms with Crippen molar-refractivity contribution < 1.29 is 14.0 Å². The summed E-state index contributed by atoms with van der Waals surface area (Å²) in [7, 11) is 0. The van der Waals surface area contributed by atoms with Crippen LogP contribution in [0.25, 0.3) is 0 Å². The van der Waals surface area contributed by atoms with Crippen LogP contribution in [0.1, 0.15) is 21.4 Å². The van der Waals surface area contributed by atoms with Crippen molar-refractivity contribution in [3.63, 3.8) is 0 Å². The third-order valence-electron chi connectivity index (χ3n) is 4.40. The normalized spacial score (nSPS) is 11.5. The van der Waals surface area contributed by atoms with Crippen molar-refractivity contribution >= 4 is 35.0 Å². The van der Waals surface area contributed by atoms with Gasteiger partial charge in [-0.3, -0.25) is 14.6 Å². The predicted molar refractivity (Wildman–Crippen MR) is 121 cm³/mol. The van der Waals surface area contributed by atoms with Crippen LogP contribution in [0, 0.1) is 0 Å². The second-order valence-electron chi connectivity index (χ2n) is 6.59. The van der Waals surface area contributed by atoms with Gasteiger partial charge in [0.05, 0.1) is 6.26 Å². The fourth-order valence-corrected chi connectivity index (χ4v) is 3.92. The Morgan fingerprint density at radius 2 is 1.52 bits per heavy atom. The van der Waals surface area contributed by atoms with E-state index in [2.05, 4.69) is 15.6 Å². The lowest BCUT2D eigenvalue weighted by molar-refractivity contribution is -0.115. The molecule has 2 N–H and O–H groups in total. The number of amides is 2. The number of anilines is 2. The van der Waals surface area contributed by atoms with E-state index in [-0.39, 0.29) is 17.6 Å². The number of carbonyl (C=O) groups excluding carboxylic acids is 2. The van der Waals surface area contributed by atoms with E-state index in [1.54, 1.807) is 48.8 Å². The summed E-state index contributed by atoms with van der Waals surface area (Å²) in [6.07, 6.45) is 4.72. The van der Waals surface area contributed by atoms with Crippen LogP contribution in [0.15, 0.2) is 107 Å². The zero-order valence-electron chi connectivity index (χ0n) is 16.4. The molecule has 0 saturated carbocycles. The van der Waals surface area contributed by atoms with Crippen LogP contribution in [-0.4, -0.2) is 16.8 Å². The molecule has 1 unspecified atom stereocenters. The maximum Gasteiger partial charge on any atom is 0.291 e. The molecule has 7 heteroatoms. The van der Waals surface area contributed by atoms with Gasteiger partial charge in [0.2, 0.25) is 5.91 Å². The third kappa shape index (κ3) is 5.40. The average Bonchev–Trinajstić information content (AvgIpc) is 3.35. The van der Waals surface area contributed by atoms with Crippen molar-refractivity contribution in [1.29, 1.82) is 0 Å². The van der Waals surface area contributed by atoms with E-state index in [0.29, 0.717) is 11.4 Å². The van der Waals surface area contributed by atoms with Crippen molar-refractivity contribution in [2.75, 3.05) is 10.6 Å². The Hall–Kier alpha value is -3.84. The Labute approximate surface area is 183 Å². The highest BCUT2D eigenvalue weighted by Gasteiger charge is 2.22. The van der Waals surface area contributed by atoms with Gasteiger partial charge in [-0.05, 0) is 54.1 Å². The number of furan rings is 1. The van der Waals surface area contributed by atoms with Gasteiger partial charge in [0, 0.05) is 28.7 Å². The zero-order valence-corrected chi connectivity index (χ0v) is 17.2. The standard InChI is InChI=1S/C24H19N3O3S/c28-23(21-7-4-16-30-21)26-18-8-10-20(11-9-18)31-22(17-5-2-1-3-6-17)24(29)27-19-12-14-25-15-13-19/h1-16,22H,(H,26,28)(H,25,27,29). The van der Waals surface area contributed by atoms with E-state index in [9.17, 15) is 9.59 Å². The smallest absolute Gasteiger partial charge is 0.291 e. The van der Waals surface area contributed by atoms with E-state index < -0.39 is 5.25 Å². The number of carbonyl (C=O) groups is 2. The molecule has 0 saturated heterocycles. The predicted octanol–water partition coefficient (Wildman–Crippen LogP) is 5.40. The minimum absolute atomic E-state index is 0.127. The van der Waals surface area contributed by atoms with Crippen LogP contribution in [0.3, 0.4) is 0 Å². The number of hydrogen-bond acceptors (Lipinski definition) is 5. The Kier molecular flexibility index (Phi) is 6.44. The lowest BCUT2D eigenvalue weighted by Crippen LogP contribution is -2.19. The summed E-state index contributed by atoms with van der Waals surface area (Å²) in [6, 6.07) is 23.7. The molecule has 154 valence electrons. The first-order valence-corrected chi connectivity index (χ1v) is 10.4. The highest BCUT2D eigenvalue weighted by molar-refractivity contribution is 8.00. The monoisotopic (exact) mass is 429 g/mol. The van der Waals surface area contributed by atoms with E-state index in [0.717, 1.165) is 10.5 Å². The quantitative estimate of drug-likeness (QED) is 0.384. The summed E-state index contributed by atoms with van der Waals surface area (Å²) in [5.74, 6) is -0.197. The number of aromatic nitrogens is 1. The molecule has 2 heterocycles. The lowest BCUT2D eigenvalue weighted by Gasteiger charge is -2.17. The van der Waals surface area contributed by atoms with Crippen LogP contribution in [0.2, 0.25) is 0 Å². The van der Waals surface area contributed by atoms with Crippen LogP contribution in [-0.2, 0) is 4.79 Å². The number of nitrogens with zero attached hydrogens (tertiary/aromatic N) is 1. The minimum atomic E-state index is -0.446. The zero-order chi connectivity index (χ0) is 21.5. The van der Waals surface area contributed by atoms with Crippen molar-refractivity contribution in [2.45, 2.75) is 10.1 Å². The topological polar surface area (TPSA) is 84.2 Å². The van der Waals surface area contributed by atoms with E-state index in [4.69, 9.17) is 4.42 Å². The fraction of sp³-hybridized carbons (Fsp3) is 0.0417. The molecular formula is C24H19N3O3S. The van der Waals surface area contributed by atoms with Crippen LogP contribution < -0.4 is 10.6 Å². The molecule has 2 amide bonds. The van der Waals surface area contributed by atoms with Crippen molar-refractivity contribution in [1.82, 2.24) is 4.98 Å². The number of benzene rings is 2. The van der Waals surface area contributed by atoms with Gasteiger partial charge in [0.15, 0.2) is 5.76 Å². The molecular weight excluding hydrogens is 410 g/mol. The first-order chi connectivity index (χ1) is 15.2. The van der Waals surface area contributed by atoms with E-state index >= 15 is 0 Å². The number of rotatable bonds is 7. The number of hydrogen-bond donors (Lipinski definition) is 2. The third-order valence-corrected chi connectivity index (χ3v) is 5.67. The molecule has 0 spiro atoms. The molecule has 0 radical (unpaired) electrons. The molecule has 4 aromatic rings. The van der Waals surface area contributed by atoms with Gasteiger partial charge in [-0.15, -0.1) is 11.8 Å². The average molecular weight is 430 g/mol. The van der Waals surface area contributed by atoms with Crippen molar-refractivity contribution in [3.8, 4) is 0 Å². The van der Waals surface area contributed by atoms with E-state index in [1.807, 2.05) is 42.5 Å². The SMILES string of the molecule is O=C(Nc1ccc(SC(C(=O)Nc2ccncc2)c2ccccc2)cc1)c1ccco1. The van der Waals surface area contributed by atoms with Gasteiger partial charge in [-0.25, -0.2) is 0 Å². The van der Waals surface area contributed by atoms with Gasteiger partial charge in [-0.2, -0.15) is 0 Å². The maximum absolute atomic E-state index is 13.0. The second-order valence-corrected chi connectivity index (χ2v) is 7.77. The van der Waals surface area contributed by atoms with Crippen molar-refractivity contribution in [2.24, 2.45) is 0 Å². The van der Waals surface area contributed by atoms with Gasteiger partial charge < -0.3 is 15.1 Å². The van der Waals surface area contributed by atoms with Gasteiger partial charge in [-0.1, -0.05) is 30.3 Å². The summed E-state index contributed by atoms with van der Waals surface area (Å²) in [5.41, 5.74) is 2.23. The summed E-state index contributed by atoms with van der Waals surface area (Å²) in [6.45, 7) is 0. The molecule has 0 aliphatic carbocycles. The number of pyridine rings is 1. The fourth-order valence-electron chi connectivity index (χ4n) is 2.90. The Balaban J connectivity index is 1.49. The molecule has 0 aliphatic rings. The second kappa shape index (κ2) is 9.77. The Morgan fingerprint density at radius 1 is 0.806 bits per heavy atom. The highest BCUT2D eigenvalue weighted by Crippen LogP contribution is 2.36. The molecule has 0 bridgehead atoms. The minimum Gasteiger partial charge on any atom is -0.459 e. The molecule has 0 aliphatic heterocycles. The summed E-state index contributed by atoms with van der Waals surface area (Å²) >= 11 is 1.44. The first kappa shape index (κ1) is 20.4. The summed E-state index contributed by atoms with van der Waals surface area (Å²) in [5, 5.41) is 5.29. The molecule has 6 nitrogen and oxygen atoms in total. The molecule has 2 aromatic carbocycles. The molecule has 31 heavy (non-hydrogen) atoms. The van der Waals surface area contributed by atoms with E-state index in [1.165, 1.54) is 18.0 Å². The van der Waals surface area contributed by atoms with Crippen LogP contribution >= 0.6 is 11.8 Å². The lowest BCUT2D eigenvalue weighted by atomic mass is 10.1. The van der Waals surface area contributed by atoms with Crippen LogP contribution in [0.4, 0.5) is 11.4 Å². The first-order valence-electron chi connectivity index (χ1n) is 9.56.